The predicted molar refractivity (Wildman–Crippen MR) is 140 cm³/mol. The lowest BCUT2D eigenvalue weighted by molar-refractivity contribution is -0.183. The molecule has 2 aliphatic rings. The number of carbonyl (C=O) groups is 2. The summed E-state index contributed by atoms with van der Waals surface area (Å²) in [5.74, 6) is -6.64. The summed E-state index contributed by atoms with van der Waals surface area (Å²) < 4.78 is 68.7. The Morgan fingerprint density at radius 3 is 2.71 bits per heavy atom. The van der Waals surface area contributed by atoms with Crippen molar-refractivity contribution in [1.82, 2.24) is 30.4 Å². The maximum atomic E-state index is 13.9. The van der Waals surface area contributed by atoms with Crippen molar-refractivity contribution in [3.63, 3.8) is 0 Å². The molecular formula is C26H31ClF5N7O2. The molecule has 4 rings (SSSR count). The van der Waals surface area contributed by atoms with Crippen molar-refractivity contribution < 1.29 is 31.5 Å². The molecule has 1 aliphatic heterocycles. The summed E-state index contributed by atoms with van der Waals surface area (Å²) in [6.45, 7) is 1.79. The predicted octanol–water partition coefficient (Wildman–Crippen LogP) is 5.23. The Hall–Kier alpha value is -3.29. The highest BCUT2D eigenvalue weighted by atomic mass is 35.5. The molecule has 3 heterocycles. The minimum absolute atomic E-state index is 0.127. The van der Waals surface area contributed by atoms with Crippen LogP contribution in [0.1, 0.15) is 73.5 Å². The third kappa shape index (κ3) is 7.52. The lowest BCUT2D eigenvalue weighted by atomic mass is 9.81. The summed E-state index contributed by atoms with van der Waals surface area (Å²) >= 11 is 6.27. The quantitative estimate of drug-likeness (QED) is 0.231. The first-order chi connectivity index (χ1) is 19.3. The average molecular weight is 604 g/mol. The number of imidazole rings is 1. The van der Waals surface area contributed by atoms with Gasteiger partial charge in [0.15, 0.2) is 0 Å². The van der Waals surface area contributed by atoms with Crippen LogP contribution in [-0.4, -0.2) is 55.9 Å². The second kappa shape index (κ2) is 12.3. The second-order valence-corrected chi connectivity index (χ2v) is 10.9. The standard InChI is InChI=1S/C26H31ClF5N7O2/c1-2-39-20(5-8-36-39)24(41)38-22(14-3-6-25(28,29)7-4-14)19-13-34-21(37-19)11-17(27)18(33)10-15-9-16(26(30,31)32)12-35-23(15)40/h5,8,11,13-16,22,33H,2-4,6-7,9-10,12H2,1H3,(H,34,37)(H,35,40)(H,38,41)/b17-11+,33-18?/t15-,16-,22+/m1/s1. The van der Waals surface area contributed by atoms with Crippen LogP contribution in [0.3, 0.4) is 0 Å². The number of alkyl halides is 5. The summed E-state index contributed by atoms with van der Waals surface area (Å²) in [6.07, 6.45) is -1.25. The number of carbonyl (C=O) groups excluding carboxylic acids is 2. The Balaban J connectivity index is 1.49. The summed E-state index contributed by atoms with van der Waals surface area (Å²) in [4.78, 5) is 32.5. The molecule has 1 saturated carbocycles. The molecule has 1 aliphatic carbocycles. The molecular weight excluding hydrogens is 573 g/mol. The van der Waals surface area contributed by atoms with Gasteiger partial charge in [0.25, 0.3) is 5.91 Å². The smallest absolute Gasteiger partial charge is 0.355 e. The maximum absolute atomic E-state index is 13.9. The van der Waals surface area contributed by atoms with Crippen LogP contribution in [0.25, 0.3) is 6.08 Å². The van der Waals surface area contributed by atoms with Crippen molar-refractivity contribution in [2.24, 2.45) is 17.8 Å². The topological polar surface area (TPSA) is 129 Å². The van der Waals surface area contributed by atoms with E-state index in [0.717, 1.165) is 0 Å². The van der Waals surface area contributed by atoms with Gasteiger partial charge >= 0.3 is 6.18 Å². The Morgan fingerprint density at radius 2 is 2.05 bits per heavy atom. The van der Waals surface area contributed by atoms with Crippen molar-refractivity contribution in [2.45, 2.75) is 70.1 Å². The van der Waals surface area contributed by atoms with Crippen LogP contribution in [0.4, 0.5) is 22.0 Å². The number of nitrogens with one attached hydrogen (secondary N) is 4. The van der Waals surface area contributed by atoms with Gasteiger partial charge < -0.3 is 21.0 Å². The number of amides is 2. The third-order valence-corrected chi connectivity index (χ3v) is 7.98. The maximum Gasteiger partial charge on any atom is 0.393 e. The zero-order chi connectivity index (χ0) is 29.9. The van der Waals surface area contributed by atoms with E-state index in [4.69, 9.17) is 17.0 Å². The minimum Gasteiger partial charge on any atom is -0.355 e. The molecule has 2 aromatic rings. The first-order valence-electron chi connectivity index (χ1n) is 13.3. The zero-order valence-corrected chi connectivity index (χ0v) is 23.0. The zero-order valence-electron chi connectivity index (χ0n) is 22.2. The normalized spacial score (nSPS) is 22.7. The largest absolute Gasteiger partial charge is 0.393 e. The van der Waals surface area contributed by atoms with Crippen molar-refractivity contribution in [3.8, 4) is 0 Å². The van der Waals surface area contributed by atoms with Crippen molar-refractivity contribution in [3.05, 3.63) is 40.7 Å². The van der Waals surface area contributed by atoms with E-state index < -0.39 is 54.8 Å². The Labute approximate surface area is 237 Å². The number of aromatic nitrogens is 4. The number of nitrogens with zero attached hydrogens (tertiary/aromatic N) is 3. The highest BCUT2D eigenvalue weighted by molar-refractivity contribution is 6.45. The van der Waals surface area contributed by atoms with Gasteiger partial charge in [0.1, 0.15) is 11.5 Å². The molecule has 0 aromatic carbocycles. The van der Waals surface area contributed by atoms with Crippen LogP contribution in [0, 0.1) is 23.2 Å². The number of aryl methyl sites for hydroxylation is 1. The second-order valence-electron chi connectivity index (χ2n) is 10.5. The number of rotatable bonds is 9. The van der Waals surface area contributed by atoms with Gasteiger partial charge in [-0.3, -0.25) is 14.3 Å². The minimum atomic E-state index is -4.46. The first-order valence-corrected chi connectivity index (χ1v) is 13.7. The fraction of sp³-hybridized carbons (Fsp3) is 0.577. The van der Waals surface area contributed by atoms with Gasteiger partial charge in [-0.2, -0.15) is 18.3 Å². The first kappa shape index (κ1) is 30.7. The average Bonchev–Trinajstić information content (AvgIpc) is 3.57. The lowest BCUT2D eigenvalue weighted by Gasteiger charge is -2.33. The molecule has 9 nitrogen and oxygen atoms in total. The third-order valence-electron chi connectivity index (χ3n) is 7.65. The van der Waals surface area contributed by atoms with E-state index in [1.54, 1.807) is 6.07 Å². The van der Waals surface area contributed by atoms with Crippen LogP contribution in [0.15, 0.2) is 23.5 Å². The number of allylic oxidation sites excluding steroid dienone is 1. The van der Waals surface area contributed by atoms with Crippen LogP contribution in [0.5, 0.6) is 0 Å². The number of piperidine rings is 1. The Kier molecular flexibility index (Phi) is 9.19. The number of hydrogen-bond donors (Lipinski definition) is 4. The number of halogens is 6. The molecule has 4 N–H and O–H groups in total. The summed E-state index contributed by atoms with van der Waals surface area (Å²) in [5.41, 5.74) is 0.520. The summed E-state index contributed by atoms with van der Waals surface area (Å²) in [5, 5.41) is 17.4. The molecule has 41 heavy (non-hydrogen) atoms. The van der Waals surface area contributed by atoms with E-state index >= 15 is 0 Å². The summed E-state index contributed by atoms with van der Waals surface area (Å²) in [7, 11) is 0. The highest BCUT2D eigenvalue weighted by Crippen LogP contribution is 2.41. The molecule has 0 radical (unpaired) electrons. The fourth-order valence-electron chi connectivity index (χ4n) is 5.30. The molecule has 0 spiro atoms. The van der Waals surface area contributed by atoms with Crippen molar-refractivity contribution in [2.75, 3.05) is 6.54 Å². The van der Waals surface area contributed by atoms with E-state index in [0.29, 0.717) is 17.9 Å². The van der Waals surface area contributed by atoms with Crippen molar-refractivity contribution >= 4 is 35.2 Å². The molecule has 224 valence electrons. The number of aromatic amines is 1. The highest BCUT2D eigenvalue weighted by Gasteiger charge is 2.45. The van der Waals surface area contributed by atoms with Gasteiger partial charge in [-0.25, -0.2) is 13.8 Å². The summed E-state index contributed by atoms with van der Waals surface area (Å²) in [6, 6.07) is 0.873. The molecule has 0 bridgehead atoms. The number of hydrogen-bond acceptors (Lipinski definition) is 5. The van der Waals surface area contributed by atoms with Crippen LogP contribution in [0.2, 0.25) is 0 Å². The molecule has 0 unspecified atom stereocenters. The van der Waals surface area contributed by atoms with E-state index in [9.17, 15) is 31.5 Å². The molecule has 15 heteroatoms. The molecule has 2 fully saturated rings. The number of H-pyrrole nitrogens is 1. The van der Waals surface area contributed by atoms with E-state index in [-0.39, 0.29) is 54.6 Å². The van der Waals surface area contributed by atoms with Gasteiger partial charge in [-0.1, -0.05) is 11.6 Å². The van der Waals surface area contributed by atoms with Gasteiger partial charge in [-0.05, 0) is 38.2 Å². The van der Waals surface area contributed by atoms with Crippen LogP contribution < -0.4 is 10.6 Å². The van der Waals surface area contributed by atoms with Gasteiger partial charge in [0, 0.05) is 50.5 Å². The monoisotopic (exact) mass is 603 g/mol. The van der Waals surface area contributed by atoms with Crippen LogP contribution >= 0.6 is 11.6 Å². The Morgan fingerprint density at radius 1 is 1.34 bits per heavy atom. The molecule has 2 aromatic heterocycles. The fourth-order valence-corrected chi connectivity index (χ4v) is 5.48. The van der Waals surface area contributed by atoms with E-state index in [1.165, 1.54) is 23.2 Å². The van der Waals surface area contributed by atoms with Gasteiger partial charge in [0.05, 0.1) is 34.6 Å². The molecule has 1 saturated heterocycles. The van der Waals surface area contributed by atoms with E-state index in [2.05, 4.69) is 25.7 Å². The molecule has 2 amide bonds. The van der Waals surface area contributed by atoms with Gasteiger partial charge in [0.2, 0.25) is 11.8 Å². The lowest BCUT2D eigenvalue weighted by Crippen LogP contribution is -2.47. The van der Waals surface area contributed by atoms with Gasteiger partial charge in [-0.15, -0.1) is 0 Å². The van der Waals surface area contributed by atoms with E-state index in [1.807, 2.05) is 6.92 Å². The Bertz CT molecular complexity index is 1300. The van der Waals surface area contributed by atoms with Crippen molar-refractivity contribution in [1.29, 1.82) is 5.41 Å². The molecule has 3 atom stereocenters. The SMILES string of the molecule is CCn1nccc1C(=O)N[C@H](c1cnc(/C=C(/Cl)C(=N)C[C@H]2C[C@@H](C(F)(F)F)CNC2=O)[nH]1)C1CCC(F)(F)CC1. The van der Waals surface area contributed by atoms with Crippen LogP contribution in [-0.2, 0) is 11.3 Å².